The molecule has 0 aliphatic carbocycles. The van der Waals surface area contributed by atoms with Gasteiger partial charge in [0.1, 0.15) is 11.0 Å². The van der Waals surface area contributed by atoms with Crippen molar-refractivity contribution < 1.29 is 14.3 Å². The van der Waals surface area contributed by atoms with Gasteiger partial charge in [0.2, 0.25) is 6.79 Å². The molecule has 0 aliphatic rings. The van der Waals surface area contributed by atoms with E-state index in [0.29, 0.717) is 11.7 Å². The summed E-state index contributed by atoms with van der Waals surface area (Å²) in [5.74, 6) is 1.74. The van der Waals surface area contributed by atoms with Crippen LogP contribution in [0.4, 0.5) is 0 Å². The van der Waals surface area contributed by atoms with Gasteiger partial charge in [-0.05, 0) is 56.8 Å². The van der Waals surface area contributed by atoms with Gasteiger partial charge < -0.3 is 25.1 Å². The maximum Gasteiger partial charge on any atom is 0.323 e. The SMILES string of the molecule is CC(C)CSC(C(=O)OCOc1cccc2[nH]cc(CCN(C)C)c12)C(C)N. The van der Waals surface area contributed by atoms with Crippen molar-refractivity contribution in [1.82, 2.24) is 9.88 Å². The van der Waals surface area contributed by atoms with Crippen molar-refractivity contribution in [3.8, 4) is 5.75 Å². The number of esters is 1. The van der Waals surface area contributed by atoms with Crippen LogP contribution >= 0.6 is 11.8 Å². The molecule has 28 heavy (non-hydrogen) atoms. The molecule has 0 radical (unpaired) electrons. The van der Waals surface area contributed by atoms with E-state index in [4.69, 9.17) is 15.2 Å². The van der Waals surface area contributed by atoms with Crippen LogP contribution in [0.2, 0.25) is 0 Å². The molecule has 7 heteroatoms. The minimum atomic E-state index is -0.385. The second kappa shape index (κ2) is 10.7. The average Bonchev–Trinajstić information content (AvgIpc) is 3.03. The van der Waals surface area contributed by atoms with E-state index < -0.39 is 0 Å². The topological polar surface area (TPSA) is 80.6 Å². The first kappa shape index (κ1) is 22.6. The third kappa shape index (κ3) is 6.43. The van der Waals surface area contributed by atoms with Crippen molar-refractivity contribution in [3.63, 3.8) is 0 Å². The van der Waals surface area contributed by atoms with Crippen LogP contribution in [-0.2, 0) is 16.0 Å². The third-order valence-electron chi connectivity index (χ3n) is 4.31. The molecule has 156 valence electrons. The number of nitrogens with two attached hydrogens (primary N) is 1. The minimum Gasteiger partial charge on any atom is -0.457 e. The first-order valence-electron chi connectivity index (χ1n) is 9.70. The monoisotopic (exact) mass is 407 g/mol. The fourth-order valence-corrected chi connectivity index (χ4v) is 3.94. The summed E-state index contributed by atoms with van der Waals surface area (Å²) in [6, 6.07) is 5.57. The Bertz CT molecular complexity index is 758. The van der Waals surface area contributed by atoms with E-state index in [1.807, 2.05) is 31.3 Å². The number of fused-ring (bicyclic) bond motifs is 1. The lowest BCUT2D eigenvalue weighted by atomic mass is 10.1. The zero-order chi connectivity index (χ0) is 20.7. The number of likely N-dealkylation sites (N-methyl/N-ethyl adjacent to an activating group) is 1. The molecular weight excluding hydrogens is 374 g/mol. The first-order chi connectivity index (χ1) is 13.3. The van der Waals surface area contributed by atoms with Crippen molar-refractivity contribution in [3.05, 3.63) is 30.0 Å². The Morgan fingerprint density at radius 2 is 2.04 bits per heavy atom. The van der Waals surface area contributed by atoms with Gasteiger partial charge >= 0.3 is 5.97 Å². The van der Waals surface area contributed by atoms with Crippen LogP contribution in [-0.4, -0.2) is 60.3 Å². The zero-order valence-corrected chi connectivity index (χ0v) is 18.3. The number of hydrogen-bond acceptors (Lipinski definition) is 6. The van der Waals surface area contributed by atoms with Crippen LogP contribution in [0.5, 0.6) is 5.75 Å². The van der Waals surface area contributed by atoms with Crippen molar-refractivity contribution >= 4 is 28.6 Å². The van der Waals surface area contributed by atoms with Gasteiger partial charge in [0.15, 0.2) is 0 Å². The van der Waals surface area contributed by atoms with E-state index in [0.717, 1.165) is 29.6 Å². The predicted octanol–water partition coefficient (Wildman–Crippen LogP) is 3.26. The minimum absolute atomic E-state index is 0.123. The van der Waals surface area contributed by atoms with E-state index in [1.165, 1.54) is 5.56 Å². The molecule has 0 bridgehead atoms. The van der Waals surface area contributed by atoms with Crippen LogP contribution in [0.25, 0.3) is 10.9 Å². The predicted molar refractivity (Wildman–Crippen MR) is 117 cm³/mol. The number of H-pyrrole nitrogens is 1. The average molecular weight is 408 g/mol. The summed E-state index contributed by atoms with van der Waals surface area (Å²) in [5.41, 5.74) is 8.17. The lowest BCUT2D eigenvalue weighted by molar-refractivity contribution is -0.149. The second-order valence-corrected chi connectivity index (χ2v) is 8.95. The van der Waals surface area contributed by atoms with Gasteiger partial charge in [-0.1, -0.05) is 19.9 Å². The highest BCUT2D eigenvalue weighted by molar-refractivity contribution is 8.00. The summed E-state index contributed by atoms with van der Waals surface area (Å²) in [5, 5.41) is 0.656. The van der Waals surface area contributed by atoms with Crippen LogP contribution in [0.3, 0.4) is 0 Å². The first-order valence-corrected chi connectivity index (χ1v) is 10.7. The number of thioether (sulfide) groups is 1. The largest absolute Gasteiger partial charge is 0.457 e. The number of carbonyl (C=O) groups excluding carboxylic acids is 1. The van der Waals surface area contributed by atoms with Crippen LogP contribution < -0.4 is 10.5 Å². The number of nitrogens with zero attached hydrogens (tertiary/aromatic N) is 1. The maximum atomic E-state index is 12.4. The number of benzene rings is 1. The van der Waals surface area contributed by atoms with Crippen LogP contribution in [0, 0.1) is 5.92 Å². The molecule has 1 aromatic heterocycles. The van der Waals surface area contributed by atoms with E-state index in [1.54, 1.807) is 11.8 Å². The Morgan fingerprint density at radius 1 is 1.29 bits per heavy atom. The van der Waals surface area contributed by atoms with E-state index in [2.05, 4.69) is 37.8 Å². The Hall–Kier alpha value is -1.70. The smallest absolute Gasteiger partial charge is 0.323 e. The molecule has 1 heterocycles. The summed E-state index contributed by atoms with van der Waals surface area (Å²) < 4.78 is 11.2. The summed E-state index contributed by atoms with van der Waals surface area (Å²) >= 11 is 1.54. The summed E-state index contributed by atoms with van der Waals surface area (Å²) in [4.78, 5) is 17.9. The van der Waals surface area contributed by atoms with E-state index in [-0.39, 0.29) is 24.1 Å². The maximum absolute atomic E-state index is 12.4. The van der Waals surface area contributed by atoms with Crippen molar-refractivity contribution in [2.45, 2.75) is 38.5 Å². The van der Waals surface area contributed by atoms with Gasteiger partial charge in [0.25, 0.3) is 0 Å². The number of carbonyl (C=O) groups is 1. The van der Waals surface area contributed by atoms with Crippen LogP contribution in [0.15, 0.2) is 24.4 Å². The van der Waals surface area contributed by atoms with Gasteiger partial charge in [-0.25, -0.2) is 0 Å². The normalized spacial score (nSPS) is 13.9. The molecule has 0 amide bonds. The summed E-state index contributed by atoms with van der Waals surface area (Å²) in [6.45, 7) is 6.88. The van der Waals surface area contributed by atoms with Gasteiger partial charge in [-0.3, -0.25) is 4.79 Å². The second-order valence-electron chi connectivity index (χ2n) is 7.78. The molecule has 0 aliphatic heterocycles. The van der Waals surface area contributed by atoms with E-state index >= 15 is 0 Å². The molecule has 0 fully saturated rings. The molecule has 0 saturated carbocycles. The number of nitrogens with one attached hydrogen (secondary N) is 1. The Balaban J connectivity index is 2.00. The summed E-state index contributed by atoms with van der Waals surface area (Å²) in [6.07, 6.45) is 2.92. The van der Waals surface area contributed by atoms with Crippen LogP contribution in [0.1, 0.15) is 26.3 Å². The van der Waals surface area contributed by atoms with Crippen molar-refractivity contribution in [2.24, 2.45) is 11.7 Å². The Morgan fingerprint density at radius 3 is 2.68 bits per heavy atom. The highest BCUT2D eigenvalue weighted by Crippen LogP contribution is 2.29. The molecule has 2 rings (SSSR count). The highest BCUT2D eigenvalue weighted by atomic mass is 32.2. The Labute approximate surface area is 172 Å². The number of hydrogen-bond donors (Lipinski definition) is 2. The molecule has 0 saturated heterocycles. The molecule has 2 atom stereocenters. The fourth-order valence-electron chi connectivity index (χ4n) is 2.84. The van der Waals surface area contributed by atoms with E-state index in [9.17, 15) is 4.79 Å². The lowest BCUT2D eigenvalue weighted by Crippen LogP contribution is -2.38. The molecule has 0 spiro atoms. The van der Waals surface area contributed by atoms with Gasteiger partial charge in [0, 0.05) is 29.7 Å². The molecule has 2 unspecified atom stereocenters. The lowest BCUT2D eigenvalue weighted by Gasteiger charge is -2.20. The summed E-state index contributed by atoms with van der Waals surface area (Å²) in [7, 11) is 4.11. The molecule has 3 N–H and O–H groups in total. The highest BCUT2D eigenvalue weighted by Gasteiger charge is 2.25. The van der Waals surface area contributed by atoms with Crippen molar-refractivity contribution in [2.75, 3.05) is 33.2 Å². The molecule has 6 nitrogen and oxygen atoms in total. The van der Waals surface area contributed by atoms with Gasteiger partial charge in [-0.2, -0.15) is 0 Å². The van der Waals surface area contributed by atoms with Crippen molar-refractivity contribution in [1.29, 1.82) is 0 Å². The van der Waals surface area contributed by atoms with Gasteiger partial charge in [-0.15, -0.1) is 11.8 Å². The number of aromatic nitrogens is 1. The third-order valence-corrected chi connectivity index (χ3v) is 6.15. The standard InChI is InChI=1S/C21H33N3O3S/c1-14(2)12-28-20(15(3)22)21(25)27-13-26-18-8-6-7-17-19(18)16(11-23-17)9-10-24(4)5/h6-8,11,14-15,20,23H,9-10,12-13,22H2,1-5H3. The zero-order valence-electron chi connectivity index (χ0n) is 17.5. The molecule has 1 aromatic carbocycles. The number of rotatable bonds is 11. The fraction of sp³-hybridized carbons (Fsp3) is 0.571. The number of ether oxygens (including phenoxy) is 2. The molecular formula is C21H33N3O3S. The quantitative estimate of drug-likeness (QED) is 0.440. The van der Waals surface area contributed by atoms with Gasteiger partial charge in [0.05, 0.1) is 0 Å². The molecule has 2 aromatic rings. The Kier molecular flexibility index (Phi) is 8.66. The number of aromatic amines is 1.